The summed E-state index contributed by atoms with van der Waals surface area (Å²) >= 11 is 0. The minimum Gasteiger partial charge on any atom is -0.377 e. The second-order valence-corrected chi connectivity index (χ2v) is 5.95. The number of carbonyl (C=O) groups is 1. The summed E-state index contributed by atoms with van der Waals surface area (Å²) in [5.41, 5.74) is -0.158. The lowest BCUT2D eigenvalue weighted by atomic mass is 9.95. The first kappa shape index (κ1) is 14.8. The van der Waals surface area contributed by atoms with Gasteiger partial charge in [0, 0.05) is 33.3 Å². The van der Waals surface area contributed by atoms with Crippen LogP contribution in [-0.2, 0) is 9.53 Å². The molecule has 1 unspecified atom stereocenters. The topological polar surface area (TPSA) is 44.8 Å². The van der Waals surface area contributed by atoms with Gasteiger partial charge in [-0.15, -0.1) is 0 Å². The first-order valence-corrected chi connectivity index (χ1v) is 7.39. The molecule has 0 aromatic heterocycles. The summed E-state index contributed by atoms with van der Waals surface area (Å²) in [5, 5.41) is 3.37. The number of hydrogen-bond acceptors (Lipinski definition) is 4. The summed E-state index contributed by atoms with van der Waals surface area (Å²) in [5.74, 6) is 0.255. The molecule has 5 nitrogen and oxygen atoms in total. The van der Waals surface area contributed by atoms with Crippen molar-refractivity contribution in [3.8, 4) is 0 Å². The number of nitrogens with zero attached hydrogens (tertiary/aromatic N) is 2. The molecule has 1 atom stereocenters. The normalized spacial score (nSPS) is 30.1. The molecule has 2 fully saturated rings. The van der Waals surface area contributed by atoms with Gasteiger partial charge in [0.1, 0.15) is 0 Å². The molecule has 5 heteroatoms. The summed E-state index contributed by atoms with van der Waals surface area (Å²) in [6.45, 7) is 8.32. The van der Waals surface area contributed by atoms with Gasteiger partial charge < -0.3 is 15.0 Å². The Kier molecular flexibility index (Phi) is 5.19. The van der Waals surface area contributed by atoms with Crippen molar-refractivity contribution in [2.75, 3.05) is 52.9 Å². The molecule has 0 spiro atoms. The van der Waals surface area contributed by atoms with E-state index in [1.807, 2.05) is 4.90 Å². The van der Waals surface area contributed by atoms with Crippen molar-refractivity contribution >= 4 is 5.91 Å². The zero-order valence-electron chi connectivity index (χ0n) is 12.3. The molecule has 1 N–H and O–H groups in total. The summed E-state index contributed by atoms with van der Waals surface area (Å²) in [6.07, 6.45) is 3.21. The molecule has 1 amide bonds. The van der Waals surface area contributed by atoms with Crippen molar-refractivity contribution in [1.82, 2.24) is 15.1 Å². The predicted molar refractivity (Wildman–Crippen MR) is 75.2 cm³/mol. The average molecular weight is 269 g/mol. The third-order valence-corrected chi connectivity index (χ3v) is 4.30. The van der Waals surface area contributed by atoms with E-state index in [0.717, 1.165) is 58.5 Å². The van der Waals surface area contributed by atoms with Crippen LogP contribution in [0.5, 0.6) is 0 Å². The fourth-order valence-corrected chi connectivity index (χ4v) is 2.94. The quantitative estimate of drug-likeness (QED) is 0.801. The molecule has 2 aliphatic rings. The van der Waals surface area contributed by atoms with Crippen LogP contribution >= 0.6 is 0 Å². The summed E-state index contributed by atoms with van der Waals surface area (Å²) in [4.78, 5) is 16.6. The second-order valence-electron chi connectivity index (χ2n) is 5.95. The Bertz CT molecular complexity index is 303. The molecular formula is C14H27N3O2. The van der Waals surface area contributed by atoms with Gasteiger partial charge in [-0.05, 0) is 39.3 Å². The molecule has 0 radical (unpaired) electrons. The Morgan fingerprint density at radius 3 is 2.89 bits per heavy atom. The van der Waals surface area contributed by atoms with Crippen molar-refractivity contribution in [2.45, 2.75) is 31.8 Å². The minimum absolute atomic E-state index is 0.158. The number of hydrogen-bond donors (Lipinski definition) is 1. The van der Waals surface area contributed by atoms with E-state index < -0.39 is 0 Å². The van der Waals surface area contributed by atoms with E-state index in [9.17, 15) is 4.79 Å². The minimum atomic E-state index is -0.158. The second kappa shape index (κ2) is 6.68. The highest BCUT2D eigenvalue weighted by atomic mass is 16.5. The maximum Gasteiger partial charge on any atom is 0.236 e. The van der Waals surface area contributed by atoms with E-state index in [1.54, 1.807) is 7.11 Å². The third-order valence-electron chi connectivity index (χ3n) is 4.30. The van der Waals surface area contributed by atoms with Crippen LogP contribution in [0.3, 0.4) is 0 Å². The Morgan fingerprint density at radius 2 is 2.11 bits per heavy atom. The van der Waals surface area contributed by atoms with E-state index in [1.165, 1.54) is 0 Å². The predicted octanol–water partition coefficient (Wildman–Crippen LogP) is 0.309. The molecule has 2 saturated heterocycles. The molecule has 2 heterocycles. The highest BCUT2D eigenvalue weighted by Gasteiger charge is 2.33. The van der Waals surface area contributed by atoms with Gasteiger partial charge in [0.25, 0.3) is 0 Å². The van der Waals surface area contributed by atoms with Gasteiger partial charge in [-0.1, -0.05) is 0 Å². The van der Waals surface area contributed by atoms with Crippen molar-refractivity contribution in [3.05, 3.63) is 0 Å². The summed E-state index contributed by atoms with van der Waals surface area (Å²) in [6, 6.07) is 0. The summed E-state index contributed by atoms with van der Waals surface area (Å²) in [7, 11) is 1.74. The first-order chi connectivity index (χ1) is 9.13. The fraction of sp³-hybridized carbons (Fsp3) is 0.929. The van der Waals surface area contributed by atoms with Crippen LogP contribution < -0.4 is 5.32 Å². The molecule has 2 aliphatic heterocycles. The largest absolute Gasteiger partial charge is 0.377 e. The zero-order chi connectivity index (χ0) is 13.7. The number of ether oxygens (including phenoxy) is 1. The van der Waals surface area contributed by atoms with Crippen LogP contribution in [0, 0.1) is 0 Å². The molecule has 0 aromatic carbocycles. The summed E-state index contributed by atoms with van der Waals surface area (Å²) < 4.78 is 5.55. The molecule has 110 valence electrons. The van der Waals surface area contributed by atoms with E-state index in [2.05, 4.69) is 17.1 Å². The molecule has 2 rings (SSSR count). The number of likely N-dealkylation sites (tertiary alicyclic amines) is 1. The van der Waals surface area contributed by atoms with Crippen LogP contribution in [0.1, 0.15) is 26.2 Å². The maximum atomic E-state index is 12.4. The van der Waals surface area contributed by atoms with Gasteiger partial charge in [0.05, 0.1) is 12.1 Å². The SMILES string of the molecule is COC1(C)CCCN(C(=O)CN2CCCNCC2)C1. The number of carbonyl (C=O) groups excluding carboxylic acids is 1. The third kappa shape index (κ3) is 4.16. The van der Waals surface area contributed by atoms with Crippen LogP contribution in [0.25, 0.3) is 0 Å². The van der Waals surface area contributed by atoms with E-state index >= 15 is 0 Å². The monoisotopic (exact) mass is 269 g/mol. The number of amides is 1. The van der Waals surface area contributed by atoms with Crippen LogP contribution in [0.15, 0.2) is 0 Å². The van der Waals surface area contributed by atoms with Crippen molar-refractivity contribution in [2.24, 2.45) is 0 Å². The fourth-order valence-electron chi connectivity index (χ4n) is 2.94. The van der Waals surface area contributed by atoms with Crippen LogP contribution in [0.2, 0.25) is 0 Å². The van der Waals surface area contributed by atoms with Crippen molar-refractivity contribution < 1.29 is 9.53 Å². The standard InChI is InChI=1S/C14H27N3O2/c1-14(19-2)5-3-9-17(12-14)13(18)11-16-8-4-6-15-7-10-16/h15H,3-12H2,1-2H3. The number of rotatable bonds is 3. The first-order valence-electron chi connectivity index (χ1n) is 7.39. The van der Waals surface area contributed by atoms with E-state index in [0.29, 0.717) is 6.54 Å². The Balaban J connectivity index is 1.84. The Morgan fingerprint density at radius 1 is 1.26 bits per heavy atom. The maximum absolute atomic E-state index is 12.4. The average Bonchev–Trinajstić information content (AvgIpc) is 2.67. The van der Waals surface area contributed by atoms with Gasteiger partial charge in [-0.3, -0.25) is 9.69 Å². The lowest BCUT2D eigenvalue weighted by Gasteiger charge is -2.40. The zero-order valence-corrected chi connectivity index (χ0v) is 12.3. The van der Waals surface area contributed by atoms with Gasteiger partial charge >= 0.3 is 0 Å². The molecule has 0 aromatic rings. The van der Waals surface area contributed by atoms with Gasteiger partial charge in [0.2, 0.25) is 5.91 Å². The molecule has 0 saturated carbocycles. The van der Waals surface area contributed by atoms with Gasteiger partial charge in [-0.2, -0.15) is 0 Å². The van der Waals surface area contributed by atoms with Gasteiger partial charge in [-0.25, -0.2) is 0 Å². The molecule has 19 heavy (non-hydrogen) atoms. The van der Waals surface area contributed by atoms with Crippen LogP contribution in [-0.4, -0.2) is 74.2 Å². The highest BCUT2D eigenvalue weighted by Crippen LogP contribution is 2.23. The van der Waals surface area contributed by atoms with E-state index in [-0.39, 0.29) is 11.5 Å². The van der Waals surface area contributed by atoms with Crippen molar-refractivity contribution in [3.63, 3.8) is 0 Å². The van der Waals surface area contributed by atoms with Crippen LogP contribution in [0.4, 0.5) is 0 Å². The number of nitrogens with one attached hydrogen (secondary N) is 1. The smallest absolute Gasteiger partial charge is 0.236 e. The molecule has 0 aliphatic carbocycles. The lowest BCUT2D eigenvalue weighted by Crippen LogP contribution is -2.52. The molecule has 0 bridgehead atoms. The Hall–Kier alpha value is -0.650. The number of methoxy groups -OCH3 is 1. The number of piperidine rings is 1. The lowest BCUT2D eigenvalue weighted by molar-refractivity contribution is -0.140. The molecular weight excluding hydrogens is 242 g/mol. The highest BCUT2D eigenvalue weighted by molar-refractivity contribution is 5.78. The Labute approximate surface area is 116 Å². The van der Waals surface area contributed by atoms with E-state index in [4.69, 9.17) is 4.74 Å². The van der Waals surface area contributed by atoms with Crippen molar-refractivity contribution in [1.29, 1.82) is 0 Å². The van der Waals surface area contributed by atoms with Gasteiger partial charge in [0.15, 0.2) is 0 Å².